The van der Waals surface area contributed by atoms with Crippen LogP contribution in [0, 0.1) is 6.57 Å². The lowest BCUT2D eigenvalue weighted by atomic mass is 10.3. The molecule has 0 atom stereocenters. The molecule has 1 aliphatic rings. The van der Waals surface area contributed by atoms with Gasteiger partial charge in [-0.15, -0.1) is 0 Å². The zero-order valence-electron chi connectivity index (χ0n) is 6.80. The number of aromatic nitrogens is 2. The fourth-order valence-corrected chi connectivity index (χ4v) is 1.63. The first-order chi connectivity index (χ1) is 6.17. The Bertz CT molecular complexity index is 375. The van der Waals surface area contributed by atoms with Crippen molar-refractivity contribution >= 4 is 27.5 Å². The van der Waals surface area contributed by atoms with Gasteiger partial charge in [0.15, 0.2) is 0 Å². The van der Waals surface area contributed by atoms with E-state index in [2.05, 4.69) is 25.9 Å². The van der Waals surface area contributed by atoms with Gasteiger partial charge in [0.05, 0.1) is 10.7 Å². The van der Waals surface area contributed by atoms with Crippen LogP contribution < -0.4 is 0 Å². The highest BCUT2D eigenvalue weighted by atomic mass is 79.9. The zero-order chi connectivity index (χ0) is 9.47. The third-order valence-electron chi connectivity index (χ3n) is 2.24. The predicted molar refractivity (Wildman–Crippen MR) is 53.5 cm³/mol. The van der Waals surface area contributed by atoms with Gasteiger partial charge in [-0.1, -0.05) is 11.6 Å². The van der Waals surface area contributed by atoms with Gasteiger partial charge in [0.2, 0.25) is 0 Å². The second-order valence-corrected chi connectivity index (χ2v) is 4.49. The van der Waals surface area contributed by atoms with Crippen molar-refractivity contribution in [2.24, 2.45) is 0 Å². The summed E-state index contributed by atoms with van der Waals surface area (Å²) >= 11 is 9.22. The van der Waals surface area contributed by atoms with Crippen LogP contribution in [0.5, 0.6) is 0 Å². The van der Waals surface area contributed by atoms with E-state index >= 15 is 0 Å². The third kappa shape index (κ3) is 1.59. The monoisotopic (exact) mass is 259 g/mol. The Morgan fingerprint density at radius 2 is 2.46 bits per heavy atom. The molecule has 1 aromatic heterocycles. The van der Waals surface area contributed by atoms with Crippen LogP contribution in [-0.2, 0) is 6.54 Å². The first-order valence-electron chi connectivity index (χ1n) is 3.92. The summed E-state index contributed by atoms with van der Waals surface area (Å²) in [6, 6.07) is 0. The van der Waals surface area contributed by atoms with E-state index in [-0.39, 0.29) is 5.54 Å². The van der Waals surface area contributed by atoms with Crippen LogP contribution in [0.25, 0.3) is 4.85 Å². The second-order valence-electron chi connectivity index (χ2n) is 3.28. The Morgan fingerprint density at radius 3 is 2.85 bits per heavy atom. The molecular formula is C8H7BrClN3. The lowest BCUT2D eigenvalue weighted by molar-refractivity contribution is 0.548. The van der Waals surface area contributed by atoms with Crippen LogP contribution >= 0.6 is 27.5 Å². The van der Waals surface area contributed by atoms with Crippen molar-refractivity contribution in [3.05, 3.63) is 27.2 Å². The minimum Gasteiger partial charge on any atom is -0.308 e. The van der Waals surface area contributed by atoms with Crippen molar-refractivity contribution in [3.63, 3.8) is 0 Å². The molecule has 5 heteroatoms. The molecule has 2 rings (SSSR count). The van der Waals surface area contributed by atoms with E-state index in [1.165, 1.54) is 0 Å². The van der Waals surface area contributed by atoms with Crippen molar-refractivity contribution in [1.29, 1.82) is 0 Å². The highest BCUT2D eigenvalue weighted by molar-refractivity contribution is 9.10. The molecule has 0 aromatic carbocycles. The normalized spacial score (nSPS) is 18.2. The molecule has 0 amide bonds. The van der Waals surface area contributed by atoms with E-state index < -0.39 is 0 Å². The summed E-state index contributed by atoms with van der Waals surface area (Å²) in [6.07, 6.45) is 3.58. The molecule has 1 heterocycles. The van der Waals surface area contributed by atoms with Gasteiger partial charge < -0.3 is 4.85 Å². The van der Waals surface area contributed by atoms with Crippen LogP contribution in [0.2, 0.25) is 5.15 Å². The van der Waals surface area contributed by atoms with Crippen molar-refractivity contribution in [1.82, 2.24) is 9.78 Å². The van der Waals surface area contributed by atoms with Crippen LogP contribution in [0.4, 0.5) is 0 Å². The molecule has 3 nitrogen and oxygen atoms in total. The molecule has 0 spiro atoms. The molecule has 0 unspecified atom stereocenters. The van der Waals surface area contributed by atoms with Gasteiger partial charge in [0.1, 0.15) is 11.7 Å². The molecule has 0 saturated heterocycles. The first kappa shape index (κ1) is 9.04. The molecule has 0 aliphatic heterocycles. The van der Waals surface area contributed by atoms with Gasteiger partial charge >= 0.3 is 0 Å². The average Bonchev–Trinajstić information content (AvgIpc) is 2.85. The Kier molecular flexibility index (Phi) is 2.09. The maximum absolute atomic E-state index is 7.02. The SMILES string of the molecule is [C-]#[N+]C1(Cn2ncc(Br)c2Cl)CC1. The largest absolute Gasteiger partial charge is 0.308 e. The number of hydrogen-bond donors (Lipinski definition) is 0. The van der Waals surface area contributed by atoms with E-state index in [9.17, 15) is 0 Å². The van der Waals surface area contributed by atoms with E-state index in [1.807, 2.05) is 0 Å². The molecule has 1 aliphatic carbocycles. The third-order valence-corrected chi connectivity index (χ3v) is 3.45. The molecule has 13 heavy (non-hydrogen) atoms. The predicted octanol–water partition coefficient (Wildman–Crippen LogP) is 2.75. The fourth-order valence-electron chi connectivity index (χ4n) is 1.19. The summed E-state index contributed by atoms with van der Waals surface area (Å²) in [5.74, 6) is 0. The Balaban J connectivity index is 2.20. The number of nitrogens with zero attached hydrogens (tertiary/aromatic N) is 3. The molecule has 1 fully saturated rings. The molecular weight excluding hydrogens is 253 g/mol. The number of hydrogen-bond acceptors (Lipinski definition) is 1. The van der Waals surface area contributed by atoms with Crippen LogP contribution in [0.3, 0.4) is 0 Å². The van der Waals surface area contributed by atoms with Gasteiger partial charge in [-0.3, -0.25) is 0 Å². The molecule has 0 radical (unpaired) electrons. The summed E-state index contributed by atoms with van der Waals surface area (Å²) < 4.78 is 2.46. The Morgan fingerprint density at radius 1 is 1.77 bits per heavy atom. The zero-order valence-corrected chi connectivity index (χ0v) is 9.14. The maximum atomic E-state index is 7.02. The molecule has 0 N–H and O–H groups in total. The van der Waals surface area contributed by atoms with Crippen molar-refractivity contribution < 1.29 is 0 Å². The first-order valence-corrected chi connectivity index (χ1v) is 5.09. The summed E-state index contributed by atoms with van der Waals surface area (Å²) in [6.45, 7) is 7.64. The van der Waals surface area contributed by atoms with E-state index in [0.717, 1.165) is 17.3 Å². The van der Waals surface area contributed by atoms with E-state index in [0.29, 0.717) is 11.7 Å². The minimum atomic E-state index is -0.213. The molecule has 1 aromatic rings. The lowest BCUT2D eigenvalue weighted by Gasteiger charge is -2.03. The van der Waals surface area contributed by atoms with Crippen LogP contribution in [0.1, 0.15) is 12.8 Å². The Hall–Kier alpha value is -0.530. The summed E-state index contributed by atoms with van der Waals surface area (Å²) in [5, 5.41) is 4.66. The number of rotatable bonds is 2. The average molecular weight is 261 g/mol. The smallest absolute Gasteiger partial charge is 0.252 e. The summed E-state index contributed by atoms with van der Waals surface area (Å²) in [5.41, 5.74) is -0.213. The minimum absolute atomic E-state index is 0.213. The molecule has 1 saturated carbocycles. The number of halogens is 2. The summed E-state index contributed by atoms with van der Waals surface area (Å²) in [7, 11) is 0. The summed E-state index contributed by atoms with van der Waals surface area (Å²) in [4.78, 5) is 3.59. The topological polar surface area (TPSA) is 22.2 Å². The van der Waals surface area contributed by atoms with Crippen molar-refractivity contribution in [3.8, 4) is 0 Å². The van der Waals surface area contributed by atoms with Gasteiger partial charge in [0.25, 0.3) is 5.54 Å². The van der Waals surface area contributed by atoms with E-state index in [4.69, 9.17) is 18.2 Å². The van der Waals surface area contributed by atoms with Gasteiger partial charge in [-0.2, -0.15) is 5.10 Å². The second kappa shape index (κ2) is 3.00. The Labute approximate surface area is 89.6 Å². The quantitative estimate of drug-likeness (QED) is 0.750. The van der Waals surface area contributed by atoms with E-state index in [1.54, 1.807) is 10.9 Å². The van der Waals surface area contributed by atoms with Crippen LogP contribution in [-0.4, -0.2) is 15.3 Å². The van der Waals surface area contributed by atoms with Crippen molar-refractivity contribution in [2.45, 2.75) is 24.9 Å². The van der Waals surface area contributed by atoms with Crippen LogP contribution in [0.15, 0.2) is 10.7 Å². The maximum Gasteiger partial charge on any atom is 0.252 e. The van der Waals surface area contributed by atoms with Gasteiger partial charge in [-0.05, 0) is 15.9 Å². The molecule has 0 bridgehead atoms. The van der Waals surface area contributed by atoms with Gasteiger partial charge in [-0.25, -0.2) is 11.3 Å². The highest BCUT2D eigenvalue weighted by Gasteiger charge is 2.51. The molecule has 68 valence electrons. The van der Waals surface area contributed by atoms with Gasteiger partial charge in [0, 0.05) is 12.8 Å². The standard InChI is InChI=1S/C8H7BrClN3/c1-11-8(2-3-8)5-13-7(10)6(9)4-12-13/h4H,2-3,5H2. The lowest BCUT2D eigenvalue weighted by Crippen LogP contribution is -2.14. The fraction of sp³-hybridized carbons (Fsp3) is 0.500. The van der Waals surface area contributed by atoms with Crippen molar-refractivity contribution in [2.75, 3.05) is 0 Å². The highest BCUT2D eigenvalue weighted by Crippen LogP contribution is 2.42.